The second-order valence-corrected chi connectivity index (χ2v) is 22.2. The molecule has 1 atom stereocenters. The van der Waals surface area contributed by atoms with Gasteiger partial charge < -0.3 is 29.2 Å². The van der Waals surface area contributed by atoms with Crippen molar-refractivity contribution in [2.24, 2.45) is 5.92 Å². The first kappa shape index (κ1) is 52.7. The van der Waals surface area contributed by atoms with Crippen molar-refractivity contribution in [3.8, 4) is 0 Å². The van der Waals surface area contributed by atoms with E-state index in [2.05, 4.69) is 20.0 Å². The van der Waals surface area contributed by atoms with Crippen LogP contribution in [0.3, 0.4) is 0 Å². The molecule has 16 nitrogen and oxygen atoms in total. The van der Waals surface area contributed by atoms with E-state index in [0.717, 1.165) is 96.1 Å². The zero-order valence-corrected chi connectivity index (χ0v) is 43.6. The maximum absolute atomic E-state index is 15.1. The van der Waals surface area contributed by atoms with Gasteiger partial charge in [-0.3, -0.25) is 33.8 Å². The van der Waals surface area contributed by atoms with E-state index in [0.29, 0.717) is 98.8 Å². The highest BCUT2D eigenvalue weighted by Gasteiger charge is 2.34. The molecule has 1 N–H and O–H groups in total. The average molecular weight is 1020 g/mol. The molecule has 0 spiro atoms. The molecule has 0 bridgehead atoms. The quantitative estimate of drug-likeness (QED) is 0.169. The number of nitrogens with zero attached hydrogens (tertiary/aromatic N) is 8. The van der Waals surface area contributed by atoms with Crippen LogP contribution in [-0.2, 0) is 20.7 Å². The first-order valence-corrected chi connectivity index (χ1v) is 27.1. The summed E-state index contributed by atoms with van der Waals surface area (Å²) in [5.74, 6) is -0.496. The fourth-order valence-electron chi connectivity index (χ4n) is 11.7. The number of piperidine rings is 2. The van der Waals surface area contributed by atoms with Crippen LogP contribution in [0, 0.1) is 11.7 Å². The van der Waals surface area contributed by atoms with Gasteiger partial charge in [-0.1, -0.05) is 55.7 Å². The molecule has 0 radical (unpaired) electrons. The summed E-state index contributed by atoms with van der Waals surface area (Å²) in [4.78, 5) is 94.5. The number of aromatic amines is 1. The molecule has 1 unspecified atom stereocenters. The lowest BCUT2D eigenvalue weighted by Gasteiger charge is -2.40. The highest BCUT2D eigenvalue weighted by molar-refractivity contribution is 5.97. The monoisotopic (exact) mass is 1020 g/mol. The van der Waals surface area contributed by atoms with E-state index in [1.807, 2.05) is 67.0 Å². The topological polar surface area (TPSA) is 163 Å². The zero-order valence-electron chi connectivity index (χ0n) is 43.6. The molecule has 74 heavy (non-hydrogen) atoms. The lowest BCUT2D eigenvalue weighted by molar-refractivity contribution is -0.135. The second-order valence-electron chi connectivity index (χ2n) is 22.2. The SMILES string of the molecule is CC(C)(C)OC(=O)N1CCCC(c2cccc(C(=O)N(CC(=O)N3CCN(CC4CCN(CC(=O)N5CCN(C(=O)c6cc(Cc7n[nH]c(=O)c8ccccc78)ccc6F)CC5)CC4)CC3)C3CCCCC3)c2)C1. The highest BCUT2D eigenvalue weighted by Crippen LogP contribution is 2.31. The van der Waals surface area contributed by atoms with Gasteiger partial charge in [-0.2, -0.15) is 5.10 Å². The van der Waals surface area contributed by atoms with Gasteiger partial charge in [-0.25, -0.2) is 14.3 Å². The summed E-state index contributed by atoms with van der Waals surface area (Å²) < 4.78 is 20.8. The number of hydrogen-bond donors (Lipinski definition) is 1. The summed E-state index contributed by atoms with van der Waals surface area (Å²) >= 11 is 0. The van der Waals surface area contributed by atoms with Crippen molar-refractivity contribution in [1.29, 1.82) is 0 Å². The Bertz CT molecular complexity index is 2710. The van der Waals surface area contributed by atoms with Gasteiger partial charge in [0.25, 0.3) is 17.4 Å². The number of aromatic nitrogens is 2. The minimum atomic E-state index is -0.607. The predicted octanol–water partition coefficient (Wildman–Crippen LogP) is 6.38. The largest absolute Gasteiger partial charge is 0.444 e. The number of fused-ring (bicyclic) bond motifs is 1. The molecular weight excluding hydrogens is 942 g/mol. The number of amides is 5. The van der Waals surface area contributed by atoms with Crippen LogP contribution in [0.5, 0.6) is 0 Å². The van der Waals surface area contributed by atoms with Crippen LogP contribution < -0.4 is 5.56 Å². The number of halogens is 1. The standard InChI is InChI=1S/C57H74FN9O7/c1-57(2,3)74-56(73)66-22-10-13-44(37-66)42-11-9-12-43(35-42)54(71)67(45-14-5-4-6-15-45)39-52(69)63-27-25-62(26-28-63)36-40-20-23-61(24-21-40)38-51(68)64-29-31-65(32-30-64)55(72)48-33-41(18-19-49(48)58)34-50-46-16-7-8-17-47(46)53(70)60-59-50/h7-9,11-12,16-19,33,35,40,44-45H,4-6,10,13-15,20-32,34,36-39H2,1-3H3,(H,60,70). The maximum Gasteiger partial charge on any atom is 0.410 e. The van der Waals surface area contributed by atoms with Crippen molar-refractivity contribution in [1.82, 2.24) is 44.5 Å². The third-order valence-electron chi connectivity index (χ3n) is 15.9. The number of rotatable bonds is 12. The predicted molar refractivity (Wildman–Crippen MR) is 280 cm³/mol. The third-order valence-corrected chi connectivity index (χ3v) is 15.9. The number of carbonyl (C=O) groups is 5. The Morgan fingerprint density at radius 3 is 2.12 bits per heavy atom. The highest BCUT2D eigenvalue weighted by atomic mass is 19.1. The molecule has 4 aliphatic heterocycles. The van der Waals surface area contributed by atoms with E-state index >= 15 is 4.39 Å². The molecule has 3 aromatic carbocycles. The Balaban J connectivity index is 0.704. The van der Waals surface area contributed by atoms with Gasteiger partial charge in [0.15, 0.2) is 0 Å². The minimum Gasteiger partial charge on any atom is -0.444 e. The molecule has 4 aromatic rings. The summed E-state index contributed by atoms with van der Waals surface area (Å²) in [6.07, 6.45) is 8.77. The number of nitrogens with one attached hydrogen (secondary N) is 1. The molecular formula is C57H74FN9O7. The van der Waals surface area contributed by atoms with Gasteiger partial charge >= 0.3 is 6.09 Å². The molecule has 17 heteroatoms. The van der Waals surface area contributed by atoms with Crippen LogP contribution in [0.1, 0.15) is 122 Å². The van der Waals surface area contributed by atoms with Crippen molar-refractivity contribution in [2.45, 2.75) is 103 Å². The summed E-state index contributed by atoms with van der Waals surface area (Å²) in [7, 11) is 0. The van der Waals surface area contributed by atoms with Crippen LogP contribution >= 0.6 is 0 Å². The number of H-pyrrole nitrogens is 1. The molecule has 5 amide bonds. The van der Waals surface area contributed by atoms with Crippen molar-refractivity contribution in [3.05, 3.63) is 111 Å². The van der Waals surface area contributed by atoms with Gasteiger partial charge in [-0.05, 0) is 120 Å². The summed E-state index contributed by atoms with van der Waals surface area (Å²) in [5.41, 5.74) is 2.06. The van der Waals surface area contributed by atoms with E-state index in [4.69, 9.17) is 4.74 Å². The lowest BCUT2D eigenvalue weighted by Crippen LogP contribution is -2.54. The van der Waals surface area contributed by atoms with E-state index in [9.17, 15) is 28.8 Å². The molecule has 396 valence electrons. The molecule has 1 aromatic heterocycles. The summed E-state index contributed by atoms with van der Waals surface area (Å²) in [6, 6.07) is 19.5. The smallest absolute Gasteiger partial charge is 0.410 e. The first-order valence-electron chi connectivity index (χ1n) is 27.1. The number of hydrogen-bond acceptors (Lipinski definition) is 10. The van der Waals surface area contributed by atoms with Crippen molar-refractivity contribution >= 4 is 40.5 Å². The van der Waals surface area contributed by atoms with Gasteiger partial charge in [-0.15, -0.1) is 0 Å². The Labute approximate surface area is 434 Å². The van der Waals surface area contributed by atoms with E-state index in [1.165, 1.54) is 6.07 Å². The van der Waals surface area contributed by atoms with Crippen molar-refractivity contribution in [2.75, 3.05) is 98.2 Å². The van der Waals surface area contributed by atoms with E-state index < -0.39 is 17.3 Å². The number of piperazine rings is 2. The van der Waals surface area contributed by atoms with Gasteiger partial charge in [0.1, 0.15) is 18.0 Å². The second kappa shape index (κ2) is 23.6. The fourth-order valence-corrected chi connectivity index (χ4v) is 11.7. The third kappa shape index (κ3) is 13.0. The van der Waals surface area contributed by atoms with Gasteiger partial charge in [0, 0.05) is 101 Å². The van der Waals surface area contributed by atoms with E-state index in [1.54, 1.807) is 39.0 Å². The van der Waals surface area contributed by atoms with Crippen LogP contribution in [0.4, 0.5) is 9.18 Å². The molecule has 5 fully saturated rings. The first-order chi connectivity index (χ1) is 35.7. The average Bonchev–Trinajstić information content (AvgIpc) is 3.42. The lowest BCUT2D eigenvalue weighted by atomic mass is 9.89. The van der Waals surface area contributed by atoms with Crippen molar-refractivity contribution < 1.29 is 33.1 Å². The number of carbonyl (C=O) groups excluding carboxylic acids is 5. The van der Waals surface area contributed by atoms with Gasteiger partial charge in [0.2, 0.25) is 11.8 Å². The Morgan fingerprint density at radius 2 is 1.39 bits per heavy atom. The van der Waals surface area contributed by atoms with Crippen molar-refractivity contribution in [3.63, 3.8) is 0 Å². The van der Waals surface area contributed by atoms with Crippen LogP contribution in [0.15, 0.2) is 71.5 Å². The Morgan fingerprint density at radius 1 is 0.703 bits per heavy atom. The minimum absolute atomic E-state index is 0.00251. The number of ether oxygens (including phenoxy) is 1. The summed E-state index contributed by atoms with van der Waals surface area (Å²) in [5, 5.41) is 7.99. The molecule has 1 saturated carbocycles. The molecule has 5 heterocycles. The zero-order chi connectivity index (χ0) is 51.9. The van der Waals surface area contributed by atoms with Gasteiger partial charge in [0.05, 0.1) is 23.2 Å². The normalized spacial score (nSPS) is 19.9. The number of benzene rings is 3. The maximum atomic E-state index is 15.1. The van der Waals surface area contributed by atoms with Crippen LogP contribution in [-0.4, -0.2) is 184 Å². The fraction of sp³-hybridized carbons (Fsp3) is 0.561. The summed E-state index contributed by atoms with van der Waals surface area (Å²) in [6.45, 7) is 14.0. The van der Waals surface area contributed by atoms with E-state index in [-0.39, 0.29) is 53.4 Å². The molecule has 4 saturated heterocycles. The Kier molecular flexibility index (Phi) is 16.8. The molecule has 1 aliphatic carbocycles. The van der Waals surface area contributed by atoms with Crippen LogP contribution in [0.25, 0.3) is 10.8 Å². The van der Waals surface area contributed by atoms with Crippen LogP contribution in [0.2, 0.25) is 0 Å². The Hall–Kier alpha value is -6.20. The molecule has 5 aliphatic rings. The number of likely N-dealkylation sites (tertiary alicyclic amines) is 2. The molecule has 9 rings (SSSR count).